The molecule has 8 heteroatoms. The van der Waals surface area contributed by atoms with Crippen LogP contribution in [0, 0.1) is 0 Å². The normalized spacial score (nSPS) is 12.1. The monoisotopic (exact) mass is 404 g/mol. The van der Waals surface area contributed by atoms with E-state index >= 15 is 0 Å². The van der Waals surface area contributed by atoms with Crippen molar-refractivity contribution in [1.29, 1.82) is 0 Å². The van der Waals surface area contributed by atoms with Crippen molar-refractivity contribution in [3.05, 3.63) is 65.7 Å². The summed E-state index contributed by atoms with van der Waals surface area (Å²) in [5, 5.41) is 7.68. The van der Waals surface area contributed by atoms with Crippen LogP contribution in [-0.4, -0.2) is 25.3 Å². The zero-order chi connectivity index (χ0) is 19.9. The Kier molecular flexibility index (Phi) is 7.46. The predicted octanol–water partition coefficient (Wildman–Crippen LogP) is 2.76. The van der Waals surface area contributed by atoms with Crippen LogP contribution < -0.4 is 15.5 Å². The van der Waals surface area contributed by atoms with E-state index in [1.165, 1.54) is 0 Å². The van der Waals surface area contributed by atoms with Gasteiger partial charge in [0.1, 0.15) is 0 Å². The first-order valence-corrected chi connectivity index (χ1v) is 10.4. The molecule has 3 N–H and O–H groups in total. The number of benzene rings is 2. The van der Waals surface area contributed by atoms with Gasteiger partial charge in [-0.1, -0.05) is 42.5 Å². The SMILES string of the molecule is C/C(=N/NC(=S)NC(C)C)c1ccc(S(=O)(=O)NCc2ccccc2)cc1. The van der Waals surface area contributed by atoms with E-state index in [1.807, 2.05) is 51.1 Å². The van der Waals surface area contributed by atoms with Gasteiger partial charge in [0.05, 0.1) is 10.6 Å². The highest BCUT2D eigenvalue weighted by atomic mass is 32.2. The largest absolute Gasteiger partial charge is 0.359 e. The van der Waals surface area contributed by atoms with Gasteiger partial charge in [0, 0.05) is 12.6 Å². The van der Waals surface area contributed by atoms with E-state index < -0.39 is 10.0 Å². The Morgan fingerprint density at radius 1 is 1.07 bits per heavy atom. The molecule has 2 aromatic carbocycles. The van der Waals surface area contributed by atoms with Crippen molar-refractivity contribution in [3.63, 3.8) is 0 Å². The summed E-state index contributed by atoms with van der Waals surface area (Å²) >= 11 is 5.12. The number of thiocarbonyl (C=S) groups is 1. The number of hydrogen-bond donors (Lipinski definition) is 3. The molecule has 27 heavy (non-hydrogen) atoms. The fraction of sp³-hybridized carbons (Fsp3) is 0.263. The van der Waals surface area contributed by atoms with Crippen LogP contribution in [0.25, 0.3) is 0 Å². The smallest absolute Gasteiger partial charge is 0.240 e. The van der Waals surface area contributed by atoms with Gasteiger partial charge in [0.2, 0.25) is 10.0 Å². The molecule has 0 spiro atoms. The summed E-state index contributed by atoms with van der Waals surface area (Å²) < 4.78 is 27.5. The predicted molar refractivity (Wildman–Crippen MR) is 113 cm³/mol. The Hall–Kier alpha value is -2.29. The Morgan fingerprint density at radius 2 is 1.70 bits per heavy atom. The lowest BCUT2D eigenvalue weighted by Gasteiger charge is -2.11. The molecule has 2 aromatic rings. The lowest BCUT2D eigenvalue weighted by molar-refractivity contribution is 0.581. The molecule has 0 amide bonds. The molecule has 0 aromatic heterocycles. The van der Waals surface area contributed by atoms with Gasteiger partial charge in [0.25, 0.3) is 0 Å². The molecule has 0 aliphatic rings. The fourth-order valence-electron chi connectivity index (χ4n) is 2.23. The van der Waals surface area contributed by atoms with Crippen LogP contribution in [0.4, 0.5) is 0 Å². The van der Waals surface area contributed by atoms with E-state index in [-0.39, 0.29) is 17.5 Å². The summed E-state index contributed by atoms with van der Waals surface area (Å²) in [6.07, 6.45) is 0. The number of hydrazone groups is 1. The van der Waals surface area contributed by atoms with Crippen molar-refractivity contribution in [2.45, 2.75) is 38.3 Å². The molecule has 0 aliphatic carbocycles. The second-order valence-corrected chi connectivity index (χ2v) is 8.45. The third-order valence-electron chi connectivity index (χ3n) is 3.64. The Balaban J connectivity index is 2.01. The first kappa shape index (κ1) is 21.0. The summed E-state index contributed by atoms with van der Waals surface area (Å²) in [6.45, 7) is 6.03. The van der Waals surface area contributed by atoms with E-state index in [0.717, 1.165) is 11.1 Å². The van der Waals surface area contributed by atoms with Crippen molar-refractivity contribution >= 4 is 33.1 Å². The summed E-state index contributed by atoms with van der Waals surface area (Å²) in [4.78, 5) is 0.208. The molecule has 2 rings (SSSR count). The lowest BCUT2D eigenvalue weighted by Crippen LogP contribution is -2.37. The quantitative estimate of drug-likeness (QED) is 0.376. The van der Waals surface area contributed by atoms with Gasteiger partial charge in [-0.2, -0.15) is 5.10 Å². The van der Waals surface area contributed by atoms with Crippen LogP contribution in [0.5, 0.6) is 0 Å². The van der Waals surface area contributed by atoms with E-state index in [9.17, 15) is 8.42 Å². The van der Waals surface area contributed by atoms with Crippen molar-refractivity contribution in [3.8, 4) is 0 Å². The van der Waals surface area contributed by atoms with Gasteiger partial charge < -0.3 is 5.32 Å². The second-order valence-electron chi connectivity index (χ2n) is 6.27. The topological polar surface area (TPSA) is 82.6 Å². The summed E-state index contributed by atoms with van der Waals surface area (Å²) in [5.74, 6) is 0. The maximum Gasteiger partial charge on any atom is 0.240 e. The molecule has 144 valence electrons. The van der Waals surface area contributed by atoms with Crippen LogP contribution in [0.3, 0.4) is 0 Å². The number of rotatable bonds is 7. The van der Waals surface area contributed by atoms with Gasteiger partial charge in [-0.3, -0.25) is 5.43 Å². The molecule has 0 unspecified atom stereocenters. The molecular weight excluding hydrogens is 380 g/mol. The standard InChI is InChI=1S/C19H24N4O2S2/c1-14(2)21-19(26)23-22-15(3)17-9-11-18(12-10-17)27(24,25)20-13-16-7-5-4-6-8-16/h4-12,14,20H,13H2,1-3H3,(H2,21,23,26)/b22-15-. The molecule has 0 atom stereocenters. The highest BCUT2D eigenvalue weighted by molar-refractivity contribution is 7.89. The molecule has 0 bridgehead atoms. The number of hydrogen-bond acceptors (Lipinski definition) is 4. The van der Waals surface area contributed by atoms with Crippen LogP contribution >= 0.6 is 12.2 Å². The average molecular weight is 405 g/mol. The Labute approximate surface area is 166 Å². The van der Waals surface area contributed by atoms with Crippen LogP contribution in [0.1, 0.15) is 31.9 Å². The summed E-state index contributed by atoms with van der Waals surface area (Å²) in [5.41, 5.74) is 5.17. The van der Waals surface area contributed by atoms with Gasteiger partial charge >= 0.3 is 0 Å². The Morgan fingerprint density at radius 3 is 2.30 bits per heavy atom. The first-order chi connectivity index (χ1) is 12.8. The minimum Gasteiger partial charge on any atom is -0.359 e. The molecule has 0 fully saturated rings. The van der Waals surface area contributed by atoms with E-state index in [1.54, 1.807) is 24.3 Å². The van der Waals surface area contributed by atoms with Crippen LogP contribution in [0.2, 0.25) is 0 Å². The number of nitrogens with zero attached hydrogens (tertiary/aromatic N) is 1. The number of sulfonamides is 1. The van der Waals surface area contributed by atoms with Crippen molar-refractivity contribution < 1.29 is 8.42 Å². The van der Waals surface area contributed by atoms with Gasteiger partial charge in [-0.25, -0.2) is 13.1 Å². The average Bonchev–Trinajstić information content (AvgIpc) is 2.65. The van der Waals surface area contributed by atoms with E-state index in [4.69, 9.17) is 12.2 Å². The van der Waals surface area contributed by atoms with Gasteiger partial charge in [0.15, 0.2) is 5.11 Å². The number of nitrogens with one attached hydrogen (secondary N) is 3. The van der Waals surface area contributed by atoms with Gasteiger partial charge in [-0.15, -0.1) is 0 Å². The molecule has 6 nitrogen and oxygen atoms in total. The molecule has 0 heterocycles. The van der Waals surface area contributed by atoms with Crippen molar-refractivity contribution in [1.82, 2.24) is 15.5 Å². The second kappa shape index (κ2) is 9.59. The van der Waals surface area contributed by atoms with E-state index in [0.29, 0.717) is 10.8 Å². The zero-order valence-corrected chi connectivity index (χ0v) is 17.2. The molecule has 0 saturated carbocycles. The molecular formula is C19H24N4O2S2. The molecule has 0 aliphatic heterocycles. The van der Waals surface area contributed by atoms with Crippen LogP contribution in [-0.2, 0) is 16.6 Å². The van der Waals surface area contributed by atoms with Crippen molar-refractivity contribution in [2.24, 2.45) is 5.10 Å². The highest BCUT2D eigenvalue weighted by Gasteiger charge is 2.13. The van der Waals surface area contributed by atoms with E-state index in [2.05, 4.69) is 20.6 Å². The maximum atomic E-state index is 12.4. The minimum atomic E-state index is -3.58. The van der Waals surface area contributed by atoms with Crippen LogP contribution in [0.15, 0.2) is 64.6 Å². The minimum absolute atomic E-state index is 0.208. The zero-order valence-electron chi connectivity index (χ0n) is 15.6. The summed E-state index contributed by atoms with van der Waals surface area (Å²) in [6, 6.07) is 16.2. The molecule has 0 radical (unpaired) electrons. The third kappa shape index (κ3) is 6.74. The fourth-order valence-corrected chi connectivity index (χ4v) is 3.53. The molecule has 0 saturated heterocycles. The van der Waals surface area contributed by atoms with Gasteiger partial charge in [-0.05, 0) is 56.2 Å². The first-order valence-electron chi connectivity index (χ1n) is 8.53. The summed E-state index contributed by atoms with van der Waals surface area (Å²) in [7, 11) is -3.58. The van der Waals surface area contributed by atoms with Crippen molar-refractivity contribution in [2.75, 3.05) is 0 Å². The maximum absolute atomic E-state index is 12.4. The Bertz CT molecular complexity index is 893. The lowest BCUT2D eigenvalue weighted by atomic mass is 10.1. The highest BCUT2D eigenvalue weighted by Crippen LogP contribution is 2.12. The third-order valence-corrected chi connectivity index (χ3v) is 5.26.